The SMILES string of the molecule is CC(O)(CNC(=O)Cn1nc2ccccn2c1=O)c1ccco1. The third-order valence-electron chi connectivity index (χ3n) is 3.46. The van der Waals surface area contributed by atoms with E-state index in [-0.39, 0.29) is 13.1 Å². The molecule has 2 N–H and O–H groups in total. The number of aromatic nitrogens is 3. The molecule has 0 aliphatic rings. The molecule has 0 radical (unpaired) electrons. The molecule has 0 aliphatic carbocycles. The molecule has 3 heterocycles. The molecule has 0 spiro atoms. The van der Waals surface area contributed by atoms with E-state index in [0.717, 1.165) is 4.68 Å². The number of amides is 1. The summed E-state index contributed by atoms with van der Waals surface area (Å²) in [5.74, 6) is -0.0787. The lowest BCUT2D eigenvalue weighted by atomic mass is 10.0. The van der Waals surface area contributed by atoms with Crippen LogP contribution in [0.15, 0.2) is 52.0 Å². The lowest BCUT2D eigenvalue weighted by Gasteiger charge is -2.21. The van der Waals surface area contributed by atoms with Gasteiger partial charge in [0.2, 0.25) is 5.91 Å². The Hall–Kier alpha value is -2.87. The number of fused-ring (bicyclic) bond motifs is 1. The molecule has 0 aliphatic heterocycles. The summed E-state index contributed by atoms with van der Waals surface area (Å²) in [7, 11) is 0. The van der Waals surface area contributed by atoms with Gasteiger partial charge in [-0.15, -0.1) is 5.10 Å². The molecule has 0 fully saturated rings. The summed E-state index contributed by atoms with van der Waals surface area (Å²) in [5, 5.41) is 16.9. The molecule has 1 unspecified atom stereocenters. The smallest absolute Gasteiger partial charge is 0.350 e. The number of carbonyl (C=O) groups is 1. The highest BCUT2D eigenvalue weighted by molar-refractivity contribution is 5.75. The van der Waals surface area contributed by atoms with Crippen LogP contribution < -0.4 is 11.0 Å². The summed E-state index contributed by atoms with van der Waals surface area (Å²) < 4.78 is 7.56. The maximum Gasteiger partial charge on any atom is 0.350 e. The van der Waals surface area contributed by atoms with Crippen molar-refractivity contribution < 1.29 is 14.3 Å². The van der Waals surface area contributed by atoms with Gasteiger partial charge in [0.15, 0.2) is 5.65 Å². The Morgan fingerprint density at radius 1 is 1.39 bits per heavy atom. The zero-order valence-electron chi connectivity index (χ0n) is 12.5. The third kappa shape index (κ3) is 3.02. The van der Waals surface area contributed by atoms with Crippen LogP contribution in [-0.2, 0) is 16.9 Å². The van der Waals surface area contributed by atoms with Gasteiger partial charge in [0.1, 0.15) is 17.9 Å². The van der Waals surface area contributed by atoms with E-state index >= 15 is 0 Å². The number of hydrogen-bond acceptors (Lipinski definition) is 5. The van der Waals surface area contributed by atoms with E-state index in [1.165, 1.54) is 17.6 Å². The predicted molar refractivity (Wildman–Crippen MR) is 80.7 cm³/mol. The maximum atomic E-state index is 12.1. The number of hydrogen-bond donors (Lipinski definition) is 2. The average molecular weight is 316 g/mol. The highest BCUT2D eigenvalue weighted by atomic mass is 16.4. The minimum Gasteiger partial charge on any atom is -0.466 e. The molecule has 8 heteroatoms. The third-order valence-corrected chi connectivity index (χ3v) is 3.46. The number of pyridine rings is 1. The quantitative estimate of drug-likeness (QED) is 0.696. The number of aliphatic hydroxyl groups is 1. The molecule has 0 bridgehead atoms. The Balaban J connectivity index is 1.67. The number of rotatable bonds is 5. The van der Waals surface area contributed by atoms with Gasteiger partial charge in [-0.2, -0.15) is 0 Å². The molecular weight excluding hydrogens is 300 g/mol. The van der Waals surface area contributed by atoms with E-state index in [1.54, 1.807) is 36.5 Å². The molecule has 23 heavy (non-hydrogen) atoms. The number of furan rings is 1. The van der Waals surface area contributed by atoms with Gasteiger partial charge in [-0.05, 0) is 31.2 Å². The van der Waals surface area contributed by atoms with E-state index in [1.807, 2.05) is 0 Å². The highest BCUT2D eigenvalue weighted by Gasteiger charge is 2.26. The van der Waals surface area contributed by atoms with Crippen LogP contribution in [0.1, 0.15) is 12.7 Å². The van der Waals surface area contributed by atoms with Gasteiger partial charge in [-0.25, -0.2) is 9.48 Å². The number of nitrogens with zero attached hydrogens (tertiary/aromatic N) is 3. The summed E-state index contributed by atoms with van der Waals surface area (Å²) in [5.41, 5.74) is -1.26. The van der Waals surface area contributed by atoms with Gasteiger partial charge >= 0.3 is 5.69 Å². The van der Waals surface area contributed by atoms with Crippen LogP contribution in [0, 0.1) is 0 Å². The summed E-state index contributed by atoms with van der Waals surface area (Å²) in [6.45, 7) is 1.26. The van der Waals surface area contributed by atoms with E-state index in [9.17, 15) is 14.7 Å². The maximum absolute atomic E-state index is 12.1. The predicted octanol–water partition coefficient (Wildman–Crippen LogP) is 0.113. The van der Waals surface area contributed by atoms with Gasteiger partial charge in [0.05, 0.1) is 12.8 Å². The van der Waals surface area contributed by atoms with Gasteiger partial charge in [0.25, 0.3) is 0 Å². The molecule has 3 aromatic heterocycles. The summed E-state index contributed by atoms with van der Waals surface area (Å²) >= 11 is 0. The molecule has 1 amide bonds. The second kappa shape index (κ2) is 5.73. The first-order valence-corrected chi connectivity index (χ1v) is 7.05. The Morgan fingerprint density at radius 3 is 2.91 bits per heavy atom. The summed E-state index contributed by atoms with van der Waals surface area (Å²) in [6.07, 6.45) is 3.03. The van der Waals surface area contributed by atoms with Crippen molar-refractivity contribution in [1.82, 2.24) is 19.5 Å². The van der Waals surface area contributed by atoms with Crippen LogP contribution in [0.4, 0.5) is 0 Å². The Labute approximate surface area is 131 Å². The fourth-order valence-corrected chi connectivity index (χ4v) is 2.21. The molecule has 0 saturated heterocycles. The Morgan fingerprint density at radius 2 is 2.22 bits per heavy atom. The minimum absolute atomic E-state index is 0.0402. The second-order valence-electron chi connectivity index (χ2n) is 5.40. The van der Waals surface area contributed by atoms with Crippen LogP contribution in [0.3, 0.4) is 0 Å². The van der Waals surface area contributed by atoms with Gasteiger partial charge in [-0.3, -0.25) is 9.20 Å². The van der Waals surface area contributed by atoms with Crippen LogP contribution in [0.25, 0.3) is 5.65 Å². The Bertz CT molecular complexity index is 876. The lowest BCUT2D eigenvalue weighted by Crippen LogP contribution is -2.41. The molecule has 1 atom stereocenters. The normalized spacial score (nSPS) is 13.8. The van der Waals surface area contributed by atoms with E-state index < -0.39 is 17.2 Å². The van der Waals surface area contributed by atoms with Gasteiger partial charge < -0.3 is 14.8 Å². The van der Waals surface area contributed by atoms with Crippen molar-refractivity contribution >= 4 is 11.6 Å². The molecule has 8 nitrogen and oxygen atoms in total. The first-order valence-electron chi connectivity index (χ1n) is 7.05. The zero-order chi connectivity index (χ0) is 16.4. The van der Waals surface area contributed by atoms with Crippen molar-refractivity contribution in [2.45, 2.75) is 19.1 Å². The standard InChI is InChI=1S/C15H16N4O4/c1-15(22,11-5-4-8-23-11)10-16-13(20)9-19-14(21)18-7-3-2-6-12(18)17-19/h2-8,22H,9-10H2,1H3,(H,16,20). The molecular formula is C15H16N4O4. The van der Waals surface area contributed by atoms with Crippen molar-refractivity contribution in [3.63, 3.8) is 0 Å². The number of nitrogens with one attached hydrogen (secondary N) is 1. The molecule has 3 rings (SSSR count). The van der Waals surface area contributed by atoms with Crippen molar-refractivity contribution in [3.05, 3.63) is 59.0 Å². The van der Waals surface area contributed by atoms with Gasteiger partial charge in [0, 0.05) is 6.20 Å². The van der Waals surface area contributed by atoms with Crippen LogP contribution >= 0.6 is 0 Å². The Kier molecular flexibility index (Phi) is 3.75. The second-order valence-corrected chi connectivity index (χ2v) is 5.40. The van der Waals surface area contributed by atoms with Crippen molar-refractivity contribution in [2.24, 2.45) is 0 Å². The lowest BCUT2D eigenvalue weighted by molar-refractivity contribution is -0.123. The molecule has 3 aromatic rings. The highest BCUT2D eigenvalue weighted by Crippen LogP contribution is 2.19. The summed E-state index contributed by atoms with van der Waals surface area (Å²) in [6, 6.07) is 8.42. The van der Waals surface area contributed by atoms with Crippen molar-refractivity contribution in [1.29, 1.82) is 0 Å². The first kappa shape index (κ1) is 15.0. The van der Waals surface area contributed by atoms with Crippen LogP contribution in [-0.4, -0.2) is 31.7 Å². The van der Waals surface area contributed by atoms with E-state index in [2.05, 4.69) is 10.4 Å². The summed E-state index contributed by atoms with van der Waals surface area (Å²) in [4.78, 5) is 24.1. The van der Waals surface area contributed by atoms with Crippen LogP contribution in [0.5, 0.6) is 0 Å². The zero-order valence-corrected chi connectivity index (χ0v) is 12.5. The molecule has 120 valence electrons. The average Bonchev–Trinajstić information content (AvgIpc) is 3.16. The van der Waals surface area contributed by atoms with E-state index in [0.29, 0.717) is 11.4 Å². The molecule has 0 aromatic carbocycles. The largest absolute Gasteiger partial charge is 0.466 e. The van der Waals surface area contributed by atoms with Crippen molar-refractivity contribution in [3.8, 4) is 0 Å². The fourth-order valence-electron chi connectivity index (χ4n) is 2.21. The minimum atomic E-state index is -1.33. The molecule has 0 saturated carbocycles. The fraction of sp³-hybridized carbons (Fsp3) is 0.267. The van der Waals surface area contributed by atoms with E-state index in [4.69, 9.17) is 4.42 Å². The van der Waals surface area contributed by atoms with Crippen LogP contribution in [0.2, 0.25) is 0 Å². The first-order chi connectivity index (χ1) is 11.0. The van der Waals surface area contributed by atoms with Crippen molar-refractivity contribution in [2.75, 3.05) is 6.54 Å². The number of carbonyl (C=O) groups excluding carboxylic acids is 1. The monoisotopic (exact) mass is 316 g/mol. The topological polar surface area (TPSA) is 102 Å². The van der Waals surface area contributed by atoms with Gasteiger partial charge in [-0.1, -0.05) is 6.07 Å².